The Morgan fingerprint density at radius 3 is 2.62 bits per heavy atom. The number of anilines is 1. The quantitative estimate of drug-likeness (QED) is 0.647. The molecule has 1 aromatic carbocycles. The molecule has 2 rings (SSSR count). The molecule has 24 heavy (non-hydrogen) atoms. The molecule has 0 bridgehead atoms. The van der Waals surface area contributed by atoms with E-state index < -0.39 is 16.6 Å². The first-order chi connectivity index (χ1) is 11.2. The Bertz CT molecular complexity index is 745. The Hall–Kier alpha value is -2.61. The molecule has 1 heterocycles. The summed E-state index contributed by atoms with van der Waals surface area (Å²) in [5.41, 5.74) is -0.491. The first-order valence-electron chi connectivity index (χ1n) is 7.11. The van der Waals surface area contributed by atoms with Crippen molar-refractivity contribution in [1.82, 2.24) is 4.98 Å². The number of benzene rings is 1. The van der Waals surface area contributed by atoms with Crippen LogP contribution in [0.15, 0.2) is 52.5 Å². The van der Waals surface area contributed by atoms with Gasteiger partial charge in [-0.1, -0.05) is 17.8 Å². The fourth-order valence-corrected chi connectivity index (χ4v) is 2.64. The van der Waals surface area contributed by atoms with E-state index in [1.807, 2.05) is 6.07 Å². The average Bonchev–Trinajstić information content (AvgIpc) is 2.45. The van der Waals surface area contributed by atoms with Crippen LogP contribution in [0, 0.1) is 10.1 Å². The standard InChI is InChI=1S/C16H17N3O4S/c1-16(2,3)23-15(20)18-11-8-12(19(21)22)10-13(9-11)24-14-6-4-5-7-17-14/h4-10H,1-3H3,(H,18,20). The molecule has 8 heteroatoms. The Labute approximate surface area is 143 Å². The third-order valence-electron chi connectivity index (χ3n) is 2.61. The number of hydrogen-bond acceptors (Lipinski definition) is 6. The maximum Gasteiger partial charge on any atom is 0.412 e. The number of nitrogens with zero attached hydrogens (tertiary/aromatic N) is 2. The SMILES string of the molecule is CC(C)(C)OC(=O)Nc1cc(Sc2ccccn2)cc([N+](=O)[O-])c1. The van der Waals surface area contributed by atoms with Crippen molar-refractivity contribution in [2.24, 2.45) is 0 Å². The van der Waals surface area contributed by atoms with Gasteiger partial charge in [0.15, 0.2) is 0 Å². The summed E-state index contributed by atoms with van der Waals surface area (Å²) in [7, 11) is 0. The van der Waals surface area contributed by atoms with Crippen molar-refractivity contribution >= 4 is 29.2 Å². The van der Waals surface area contributed by atoms with E-state index in [9.17, 15) is 14.9 Å². The molecule has 0 spiro atoms. The lowest BCUT2D eigenvalue weighted by molar-refractivity contribution is -0.385. The first-order valence-corrected chi connectivity index (χ1v) is 7.93. The number of hydrogen-bond donors (Lipinski definition) is 1. The zero-order valence-corrected chi connectivity index (χ0v) is 14.3. The number of nitro groups is 1. The van der Waals surface area contributed by atoms with Gasteiger partial charge in [-0.15, -0.1) is 0 Å². The average molecular weight is 347 g/mol. The van der Waals surface area contributed by atoms with Gasteiger partial charge in [-0.05, 0) is 39.0 Å². The molecule has 2 aromatic rings. The van der Waals surface area contributed by atoms with Crippen molar-refractivity contribution in [3.05, 3.63) is 52.7 Å². The van der Waals surface area contributed by atoms with Crippen molar-refractivity contribution in [2.45, 2.75) is 36.3 Å². The van der Waals surface area contributed by atoms with Gasteiger partial charge in [-0.25, -0.2) is 9.78 Å². The van der Waals surface area contributed by atoms with Crippen LogP contribution in [0.2, 0.25) is 0 Å². The molecular formula is C16H17N3O4S. The number of carbonyl (C=O) groups excluding carboxylic acids is 1. The van der Waals surface area contributed by atoms with E-state index in [-0.39, 0.29) is 11.4 Å². The highest BCUT2D eigenvalue weighted by Crippen LogP contribution is 2.32. The Morgan fingerprint density at radius 2 is 2.04 bits per heavy atom. The largest absolute Gasteiger partial charge is 0.444 e. The number of carbonyl (C=O) groups is 1. The molecule has 1 amide bonds. The molecule has 0 atom stereocenters. The monoisotopic (exact) mass is 347 g/mol. The zero-order chi connectivity index (χ0) is 17.7. The molecule has 0 saturated carbocycles. The molecule has 0 aliphatic rings. The van der Waals surface area contributed by atoms with E-state index in [1.54, 1.807) is 45.2 Å². The summed E-state index contributed by atoms with van der Waals surface area (Å²) in [5, 5.41) is 14.3. The van der Waals surface area contributed by atoms with E-state index in [1.165, 1.54) is 23.9 Å². The summed E-state index contributed by atoms with van der Waals surface area (Å²) < 4.78 is 5.16. The van der Waals surface area contributed by atoms with Gasteiger partial charge in [-0.3, -0.25) is 15.4 Å². The van der Waals surface area contributed by atoms with Gasteiger partial charge < -0.3 is 4.74 Å². The van der Waals surface area contributed by atoms with E-state index in [0.29, 0.717) is 9.92 Å². The number of non-ortho nitro benzene ring substituents is 1. The number of nitro benzene ring substituents is 1. The van der Waals surface area contributed by atoms with Crippen LogP contribution in [0.3, 0.4) is 0 Å². The van der Waals surface area contributed by atoms with Gasteiger partial charge >= 0.3 is 6.09 Å². The summed E-state index contributed by atoms with van der Waals surface area (Å²) >= 11 is 1.27. The fourth-order valence-electron chi connectivity index (χ4n) is 1.77. The van der Waals surface area contributed by atoms with Crippen molar-refractivity contribution in [1.29, 1.82) is 0 Å². The Kier molecular flexibility index (Phi) is 5.40. The molecule has 0 radical (unpaired) electrons. The van der Waals surface area contributed by atoms with Gasteiger partial charge in [-0.2, -0.15) is 0 Å². The third-order valence-corrected chi connectivity index (χ3v) is 3.53. The minimum Gasteiger partial charge on any atom is -0.444 e. The predicted octanol–water partition coefficient (Wildman–Crippen LogP) is 4.49. The minimum atomic E-state index is -0.670. The third kappa shape index (κ3) is 5.54. The van der Waals surface area contributed by atoms with Crippen LogP contribution in [0.4, 0.5) is 16.2 Å². The minimum absolute atomic E-state index is 0.123. The molecule has 0 saturated heterocycles. The van der Waals surface area contributed by atoms with Crippen LogP contribution in [-0.4, -0.2) is 21.6 Å². The van der Waals surface area contributed by atoms with E-state index in [0.717, 1.165) is 0 Å². The van der Waals surface area contributed by atoms with Crippen molar-refractivity contribution in [3.63, 3.8) is 0 Å². The van der Waals surface area contributed by atoms with E-state index in [4.69, 9.17) is 4.74 Å². The Balaban J connectivity index is 2.24. The number of rotatable bonds is 4. The molecule has 7 nitrogen and oxygen atoms in total. The molecule has 1 aromatic heterocycles. The second-order valence-electron chi connectivity index (χ2n) is 5.87. The van der Waals surface area contributed by atoms with Gasteiger partial charge in [0.2, 0.25) is 0 Å². The highest BCUT2D eigenvalue weighted by molar-refractivity contribution is 7.99. The smallest absolute Gasteiger partial charge is 0.412 e. The van der Waals surface area contributed by atoms with Crippen LogP contribution in [0.25, 0.3) is 0 Å². The normalized spacial score (nSPS) is 11.0. The lowest BCUT2D eigenvalue weighted by Crippen LogP contribution is -2.27. The van der Waals surface area contributed by atoms with Gasteiger partial charge in [0.05, 0.1) is 10.6 Å². The fraction of sp³-hybridized carbons (Fsp3) is 0.250. The van der Waals surface area contributed by atoms with Gasteiger partial charge in [0, 0.05) is 23.2 Å². The van der Waals surface area contributed by atoms with Crippen LogP contribution in [-0.2, 0) is 4.74 Å². The number of aromatic nitrogens is 1. The highest BCUT2D eigenvalue weighted by Gasteiger charge is 2.18. The van der Waals surface area contributed by atoms with Crippen LogP contribution in [0.1, 0.15) is 20.8 Å². The Morgan fingerprint density at radius 1 is 1.29 bits per heavy atom. The zero-order valence-electron chi connectivity index (χ0n) is 13.5. The molecular weight excluding hydrogens is 330 g/mol. The molecule has 0 fully saturated rings. The molecule has 126 valence electrons. The summed E-state index contributed by atoms with van der Waals surface area (Å²) in [4.78, 5) is 27.2. The summed E-state index contributed by atoms with van der Waals surface area (Å²) in [6.45, 7) is 5.22. The number of amides is 1. The molecule has 0 aliphatic carbocycles. The molecule has 1 N–H and O–H groups in total. The lowest BCUT2D eigenvalue weighted by atomic mass is 10.2. The van der Waals surface area contributed by atoms with Crippen molar-refractivity contribution in [2.75, 3.05) is 5.32 Å². The number of nitrogens with one attached hydrogen (secondary N) is 1. The van der Waals surface area contributed by atoms with Crippen molar-refractivity contribution in [3.8, 4) is 0 Å². The van der Waals surface area contributed by atoms with E-state index in [2.05, 4.69) is 10.3 Å². The molecule has 0 aliphatic heterocycles. The number of ether oxygens (including phenoxy) is 1. The van der Waals surface area contributed by atoms with Crippen LogP contribution >= 0.6 is 11.8 Å². The van der Waals surface area contributed by atoms with Crippen LogP contribution in [0.5, 0.6) is 0 Å². The van der Waals surface area contributed by atoms with E-state index >= 15 is 0 Å². The lowest BCUT2D eigenvalue weighted by Gasteiger charge is -2.19. The topological polar surface area (TPSA) is 94.4 Å². The maximum atomic E-state index is 11.9. The summed E-state index contributed by atoms with van der Waals surface area (Å²) in [6.07, 6.45) is 0.969. The summed E-state index contributed by atoms with van der Waals surface area (Å²) in [5.74, 6) is 0. The summed E-state index contributed by atoms with van der Waals surface area (Å²) in [6, 6.07) is 9.76. The number of pyridine rings is 1. The van der Waals surface area contributed by atoms with Crippen LogP contribution < -0.4 is 5.32 Å². The second kappa shape index (κ2) is 7.31. The predicted molar refractivity (Wildman–Crippen MR) is 91.3 cm³/mol. The van der Waals surface area contributed by atoms with Crippen molar-refractivity contribution < 1.29 is 14.5 Å². The maximum absolute atomic E-state index is 11.9. The van der Waals surface area contributed by atoms with Gasteiger partial charge in [0.25, 0.3) is 5.69 Å². The first kappa shape index (κ1) is 17.7. The highest BCUT2D eigenvalue weighted by atomic mass is 32.2. The second-order valence-corrected chi connectivity index (χ2v) is 6.96. The molecule has 0 unspecified atom stereocenters. The van der Waals surface area contributed by atoms with Gasteiger partial charge in [0.1, 0.15) is 10.6 Å².